The quantitative estimate of drug-likeness (QED) is 0.810. The Kier molecular flexibility index (Phi) is 3.85. The van der Waals surface area contributed by atoms with Crippen LogP contribution >= 0.6 is 0 Å². The average molecular weight is 267 g/mol. The Hall–Kier alpha value is -1.10. The summed E-state index contributed by atoms with van der Waals surface area (Å²) in [5.74, 6) is 0.0832. The Bertz CT molecular complexity index is 383. The molecule has 0 aliphatic carbocycles. The molecule has 1 spiro atoms. The smallest absolute Gasteiger partial charge is 0.243 e. The van der Waals surface area contributed by atoms with Crippen molar-refractivity contribution in [3.8, 4) is 0 Å². The van der Waals surface area contributed by atoms with Gasteiger partial charge in [0.25, 0.3) is 0 Å². The fourth-order valence-electron chi connectivity index (χ4n) is 3.52. The SMILES string of the molecule is CC(C)C[C@H](C(N)=O)N1CC[C@]2(CCCN2C)C1=O. The molecule has 2 amide bonds. The molecule has 5 heteroatoms. The van der Waals surface area contributed by atoms with Crippen molar-refractivity contribution >= 4 is 11.8 Å². The minimum absolute atomic E-state index is 0.108. The Balaban J connectivity index is 2.18. The molecular formula is C14H25N3O2. The average Bonchev–Trinajstić information content (AvgIpc) is 2.84. The zero-order valence-corrected chi connectivity index (χ0v) is 12.2. The lowest BCUT2D eigenvalue weighted by Crippen LogP contribution is -2.53. The fraction of sp³-hybridized carbons (Fsp3) is 0.857. The molecule has 0 unspecified atom stereocenters. The van der Waals surface area contributed by atoms with Crippen LogP contribution in [-0.4, -0.2) is 53.3 Å². The van der Waals surface area contributed by atoms with Crippen LogP contribution in [0.5, 0.6) is 0 Å². The minimum atomic E-state index is -0.444. The molecule has 5 nitrogen and oxygen atoms in total. The van der Waals surface area contributed by atoms with Gasteiger partial charge in [0.1, 0.15) is 11.6 Å². The van der Waals surface area contributed by atoms with Crippen molar-refractivity contribution in [2.24, 2.45) is 11.7 Å². The molecule has 0 radical (unpaired) electrons. The molecule has 2 rings (SSSR count). The van der Waals surface area contributed by atoms with Crippen molar-refractivity contribution in [1.29, 1.82) is 0 Å². The highest BCUT2D eigenvalue weighted by molar-refractivity contribution is 5.93. The third kappa shape index (κ3) is 2.36. The van der Waals surface area contributed by atoms with E-state index in [-0.39, 0.29) is 17.4 Å². The zero-order chi connectivity index (χ0) is 14.2. The topological polar surface area (TPSA) is 66.6 Å². The van der Waals surface area contributed by atoms with Gasteiger partial charge in [-0.25, -0.2) is 0 Å². The molecular weight excluding hydrogens is 242 g/mol. The molecule has 19 heavy (non-hydrogen) atoms. The van der Waals surface area contributed by atoms with E-state index in [0.717, 1.165) is 25.8 Å². The summed E-state index contributed by atoms with van der Waals surface area (Å²) >= 11 is 0. The van der Waals surface area contributed by atoms with E-state index in [1.54, 1.807) is 4.90 Å². The lowest BCUT2D eigenvalue weighted by atomic mass is 9.94. The van der Waals surface area contributed by atoms with E-state index in [1.165, 1.54) is 0 Å². The number of carbonyl (C=O) groups excluding carboxylic acids is 2. The number of nitrogens with two attached hydrogens (primary N) is 1. The van der Waals surface area contributed by atoms with Gasteiger partial charge in [0.2, 0.25) is 11.8 Å². The second-order valence-corrected chi connectivity index (χ2v) is 6.35. The maximum Gasteiger partial charge on any atom is 0.243 e. The molecule has 108 valence electrons. The predicted molar refractivity (Wildman–Crippen MR) is 73.4 cm³/mol. The molecule has 0 saturated carbocycles. The van der Waals surface area contributed by atoms with Gasteiger partial charge in [-0.3, -0.25) is 14.5 Å². The molecule has 0 aromatic heterocycles. The van der Waals surface area contributed by atoms with Crippen LogP contribution in [0.15, 0.2) is 0 Å². The van der Waals surface area contributed by atoms with E-state index in [4.69, 9.17) is 5.73 Å². The number of likely N-dealkylation sites (tertiary alicyclic amines) is 2. The molecule has 2 N–H and O–H groups in total. The van der Waals surface area contributed by atoms with Crippen molar-refractivity contribution in [1.82, 2.24) is 9.80 Å². The molecule has 2 fully saturated rings. The number of hydrogen-bond acceptors (Lipinski definition) is 3. The molecule has 2 aliphatic rings. The summed E-state index contributed by atoms with van der Waals surface area (Å²) in [5, 5.41) is 0. The number of likely N-dealkylation sites (N-methyl/N-ethyl adjacent to an activating group) is 1. The third-order valence-electron chi connectivity index (χ3n) is 4.64. The number of carbonyl (C=O) groups is 2. The standard InChI is InChI=1S/C14H25N3O2/c1-10(2)9-11(12(15)18)17-8-6-14(13(17)19)5-4-7-16(14)3/h10-11H,4-9H2,1-3H3,(H2,15,18)/t11-,14-/m1/s1. The van der Waals surface area contributed by atoms with Gasteiger partial charge in [-0.2, -0.15) is 0 Å². The number of rotatable bonds is 4. The monoisotopic (exact) mass is 267 g/mol. The van der Waals surface area contributed by atoms with Crippen LogP contribution in [-0.2, 0) is 9.59 Å². The van der Waals surface area contributed by atoms with Crippen molar-refractivity contribution in [3.63, 3.8) is 0 Å². The van der Waals surface area contributed by atoms with Crippen molar-refractivity contribution < 1.29 is 9.59 Å². The second-order valence-electron chi connectivity index (χ2n) is 6.35. The van der Waals surface area contributed by atoms with Gasteiger partial charge in [-0.15, -0.1) is 0 Å². The van der Waals surface area contributed by atoms with Crippen LogP contribution in [0.4, 0.5) is 0 Å². The summed E-state index contributed by atoms with van der Waals surface area (Å²) in [4.78, 5) is 28.3. The lowest BCUT2D eigenvalue weighted by Gasteiger charge is -2.32. The molecule has 2 heterocycles. The minimum Gasteiger partial charge on any atom is -0.368 e. The van der Waals surface area contributed by atoms with Crippen LogP contribution in [0.2, 0.25) is 0 Å². The number of primary amides is 1. The summed E-state index contributed by atoms with van der Waals surface area (Å²) in [6.07, 6.45) is 3.44. The van der Waals surface area contributed by atoms with E-state index in [9.17, 15) is 9.59 Å². The second kappa shape index (κ2) is 5.12. The number of amides is 2. The Labute approximate surface area is 115 Å². The van der Waals surface area contributed by atoms with Crippen LogP contribution in [0, 0.1) is 5.92 Å². The Morgan fingerprint density at radius 2 is 2.05 bits per heavy atom. The molecule has 0 aromatic rings. The van der Waals surface area contributed by atoms with Crippen molar-refractivity contribution in [2.75, 3.05) is 20.1 Å². The highest BCUT2D eigenvalue weighted by Gasteiger charge is 2.53. The lowest BCUT2D eigenvalue weighted by molar-refractivity contribution is -0.142. The highest BCUT2D eigenvalue weighted by Crippen LogP contribution is 2.38. The third-order valence-corrected chi connectivity index (χ3v) is 4.64. The van der Waals surface area contributed by atoms with Crippen LogP contribution in [0.1, 0.15) is 39.5 Å². The molecule has 0 bridgehead atoms. The Morgan fingerprint density at radius 1 is 1.37 bits per heavy atom. The van der Waals surface area contributed by atoms with Crippen LogP contribution in [0.3, 0.4) is 0 Å². The molecule has 2 aliphatic heterocycles. The predicted octanol–water partition coefficient (Wildman–Crippen LogP) is 0.583. The maximum absolute atomic E-state index is 12.7. The van der Waals surface area contributed by atoms with Crippen LogP contribution < -0.4 is 5.73 Å². The molecule has 2 atom stereocenters. The summed E-state index contributed by atoms with van der Waals surface area (Å²) in [6.45, 7) is 5.72. The number of hydrogen-bond donors (Lipinski definition) is 1. The van der Waals surface area contributed by atoms with E-state index in [2.05, 4.69) is 4.90 Å². The van der Waals surface area contributed by atoms with Gasteiger partial charge >= 0.3 is 0 Å². The Morgan fingerprint density at radius 3 is 2.53 bits per heavy atom. The first kappa shape index (κ1) is 14.3. The zero-order valence-electron chi connectivity index (χ0n) is 12.2. The van der Waals surface area contributed by atoms with Crippen molar-refractivity contribution in [2.45, 2.75) is 51.1 Å². The molecule has 2 saturated heterocycles. The van der Waals surface area contributed by atoms with E-state index < -0.39 is 6.04 Å². The van der Waals surface area contributed by atoms with Gasteiger partial charge in [0.05, 0.1) is 0 Å². The highest BCUT2D eigenvalue weighted by atomic mass is 16.2. The first-order valence-corrected chi connectivity index (χ1v) is 7.20. The summed E-state index contributed by atoms with van der Waals surface area (Å²) < 4.78 is 0. The van der Waals surface area contributed by atoms with Gasteiger partial charge in [0.15, 0.2) is 0 Å². The van der Waals surface area contributed by atoms with E-state index in [0.29, 0.717) is 18.9 Å². The van der Waals surface area contributed by atoms with Crippen molar-refractivity contribution in [3.05, 3.63) is 0 Å². The first-order valence-electron chi connectivity index (χ1n) is 7.20. The summed E-state index contributed by atoms with van der Waals surface area (Å²) in [5.41, 5.74) is 5.15. The van der Waals surface area contributed by atoms with Crippen LogP contribution in [0.25, 0.3) is 0 Å². The first-order chi connectivity index (χ1) is 8.88. The normalized spacial score (nSPS) is 29.7. The largest absolute Gasteiger partial charge is 0.368 e. The fourth-order valence-corrected chi connectivity index (χ4v) is 3.52. The maximum atomic E-state index is 12.7. The van der Waals surface area contributed by atoms with Gasteiger partial charge in [-0.1, -0.05) is 13.8 Å². The summed E-state index contributed by atoms with van der Waals surface area (Å²) in [7, 11) is 2.01. The number of nitrogens with zero attached hydrogens (tertiary/aromatic N) is 2. The van der Waals surface area contributed by atoms with Gasteiger partial charge < -0.3 is 10.6 Å². The summed E-state index contributed by atoms with van der Waals surface area (Å²) in [6, 6.07) is -0.444. The van der Waals surface area contributed by atoms with Gasteiger partial charge in [-0.05, 0) is 45.2 Å². The molecule has 0 aromatic carbocycles. The van der Waals surface area contributed by atoms with E-state index >= 15 is 0 Å². The van der Waals surface area contributed by atoms with Gasteiger partial charge in [0, 0.05) is 6.54 Å². The van der Waals surface area contributed by atoms with E-state index in [1.807, 2.05) is 20.9 Å².